The van der Waals surface area contributed by atoms with Gasteiger partial charge in [0, 0.05) is 32.1 Å². The van der Waals surface area contributed by atoms with Gasteiger partial charge in [0.15, 0.2) is 5.82 Å². The Balaban J connectivity index is 0.000000250. The van der Waals surface area contributed by atoms with E-state index in [-0.39, 0.29) is 17.1 Å². The molecule has 1 saturated carbocycles. The maximum atomic E-state index is 13.4. The molecule has 14 heteroatoms. The quantitative estimate of drug-likeness (QED) is 0.0725. The lowest BCUT2D eigenvalue weighted by molar-refractivity contribution is -0.0914. The van der Waals surface area contributed by atoms with E-state index in [0.29, 0.717) is 54.1 Å². The van der Waals surface area contributed by atoms with E-state index in [1.54, 1.807) is 12.1 Å². The number of morpholine rings is 1. The standard InChI is InChI=1S/C33H34N6O6.C21H35NO/c1-3-42-32-34-28-15-9-14-27(31(40)43-21(2)44-33(41)45-24-10-5-4-6-11-24)29(28)39(32)20-22-16-18-23(19-17-22)25-12-7-8-13-26(25)30-35-37-38-36-30;1-7-21(5,6)20-10-8-19(9-11-20)12-16(2)13-22-14-17(3)23-18(4)15-22/h7-9,12-19,21,24H,3-6,10-11,20H2,1-2H3,(H,35,36,37,38);8-11,16-18H,7,12-15H2,1-6H3/t;16?,17-,18+. The highest BCUT2D eigenvalue weighted by molar-refractivity contribution is 6.02. The summed E-state index contributed by atoms with van der Waals surface area (Å²) in [5, 5.41) is 14.3. The van der Waals surface area contributed by atoms with Crippen molar-refractivity contribution in [1.82, 2.24) is 35.1 Å². The summed E-state index contributed by atoms with van der Waals surface area (Å²) in [5.41, 5.74) is 8.41. The highest BCUT2D eigenvalue weighted by Gasteiger charge is 2.26. The van der Waals surface area contributed by atoms with Gasteiger partial charge in [0.1, 0.15) is 6.10 Å². The van der Waals surface area contributed by atoms with Crippen LogP contribution in [0.25, 0.3) is 33.5 Å². The van der Waals surface area contributed by atoms with Crippen LogP contribution in [-0.2, 0) is 37.3 Å². The van der Waals surface area contributed by atoms with Gasteiger partial charge in [-0.3, -0.25) is 9.47 Å². The van der Waals surface area contributed by atoms with Gasteiger partial charge in [-0.25, -0.2) is 14.7 Å². The van der Waals surface area contributed by atoms with Crippen molar-refractivity contribution in [3.8, 4) is 28.5 Å². The number of aromatic nitrogens is 6. The molecule has 3 heterocycles. The Morgan fingerprint density at radius 1 is 0.838 bits per heavy atom. The Hall–Kier alpha value is -6.12. The third kappa shape index (κ3) is 13.1. The van der Waals surface area contributed by atoms with Crippen molar-refractivity contribution < 1.29 is 33.3 Å². The van der Waals surface area contributed by atoms with E-state index in [1.165, 1.54) is 31.0 Å². The number of H-pyrrole nitrogens is 1. The van der Waals surface area contributed by atoms with Crippen molar-refractivity contribution >= 4 is 23.2 Å². The second-order valence-electron chi connectivity index (χ2n) is 19.0. The molecular weight excluding hydrogens is 859 g/mol. The smallest absolute Gasteiger partial charge is 0.465 e. The fourth-order valence-electron chi connectivity index (χ4n) is 9.26. The predicted octanol–water partition coefficient (Wildman–Crippen LogP) is 11.0. The molecule has 0 radical (unpaired) electrons. The number of benzene rings is 4. The van der Waals surface area contributed by atoms with E-state index in [1.807, 2.05) is 66.1 Å². The molecule has 2 aromatic heterocycles. The third-order valence-electron chi connectivity index (χ3n) is 13.0. The summed E-state index contributed by atoms with van der Waals surface area (Å²) >= 11 is 0. The fraction of sp³-hybridized carbons (Fsp3) is 0.481. The molecule has 14 nitrogen and oxygen atoms in total. The minimum absolute atomic E-state index is 0.163. The van der Waals surface area contributed by atoms with Crippen molar-refractivity contribution in [3.63, 3.8) is 0 Å². The summed E-state index contributed by atoms with van der Waals surface area (Å²) in [6.07, 6.45) is 5.71. The van der Waals surface area contributed by atoms with Crippen LogP contribution < -0.4 is 4.74 Å². The number of hydrogen-bond acceptors (Lipinski definition) is 12. The van der Waals surface area contributed by atoms with Gasteiger partial charge in [0.2, 0.25) is 6.29 Å². The lowest BCUT2D eigenvalue weighted by atomic mass is 9.82. The Morgan fingerprint density at radius 2 is 1.53 bits per heavy atom. The molecule has 362 valence electrons. The molecule has 68 heavy (non-hydrogen) atoms. The molecule has 4 aromatic carbocycles. The molecule has 1 N–H and O–H groups in total. The zero-order valence-corrected chi connectivity index (χ0v) is 41.1. The number of nitrogens with one attached hydrogen (secondary N) is 1. The Labute approximate surface area is 401 Å². The molecule has 0 spiro atoms. The zero-order chi connectivity index (χ0) is 48.2. The van der Waals surface area contributed by atoms with E-state index in [9.17, 15) is 9.59 Å². The first-order chi connectivity index (χ1) is 32.8. The first-order valence-corrected chi connectivity index (χ1v) is 24.4. The molecule has 0 amide bonds. The van der Waals surface area contributed by atoms with Crippen LogP contribution >= 0.6 is 0 Å². The minimum atomic E-state index is -1.14. The molecule has 2 aliphatic rings. The Kier molecular flexibility index (Phi) is 17.0. The largest absolute Gasteiger partial charge is 0.511 e. The van der Waals surface area contributed by atoms with Crippen molar-refractivity contribution in [3.05, 3.63) is 113 Å². The summed E-state index contributed by atoms with van der Waals surface area (Å²) in [6, 6.07) is 30.8. The van der Waals surface area contributed by atoms with E-state index >= 15 is 0 Å². The van der Waals surface area contributed by atoms with Crippen LogP contribution in [0, 0.1) is 5.92 Å². The van der Waals surface area contributed by atoms with Crippen molar-refractivity contribution in [2.45, 2.75) is 137 Å². The number of carbonyl (C=O) groups excluding carboxylic acids is 2. The number of rotatable bonds is 16. The zero-order valence-electron chi connectivity index (χ0n) is 41.1. The topological polar surface area (TPSA) is 156 Å². The molecule has 6 aromatic rings. The molecule has 2 unspecified atom stereocenters. The molecule has 1 aliphatic carbocycles. The normalized spacial score (nSPS) is 17.7. The van der Waals surface area contributed by atoms with Crippen molar-refractivity contribution in [2.24, 2.45) is 5.92 Å². The molecule has 0 bridgehead atoms. The number of ether oxygens (including phenoxy) is 5. The predicted molar refractivity (Wildman–Crippen MR) is 263 cm³/mol. The van der Waals surface area contributed by atoms with Crippen LogP contribution in [0.4, 0.5) is 4.79 Å². The number of esters is 1. The summed E-state index contributed by atoms with van der Waals surface area (Å²) in [5.74, 6) is 0.607. The number of para-hydroxylation sites is 1. The number of tetrazole rings is 1. The average molecular weight is 928 g/mol. The number of hydrogen-bond donors (Lipinski definition) is 1. The summed E-state index contributed by atoms with van der Waals surface area (Å²) in [6.45, 7) is 21.1. The second kappa shape index (κ2) is 23.3. The van der Waals surface area contributed by atoms with E-state index in [0.717, 1.165) is 73.9 Å². The van der Waals surface area contributed by atoms with Crippen LogP contribution in [0.1, 0.15) is 121 Å². The third-order valence-corrected chi connectivity index (χ3v) is 13.0. The van der Waals surface area contributed by atoms with Gasteiger partial charge in [-0.1, -0.05) is 113 Å². The molecule has 8 rings (SSSR count). The number of aromatic amines is 1. The average Bonchev–Trinajstić information content (AvgIpc) is 3.98. The van der Waals surface area contributed by atoms with Gasteiger partial charge in [-0.2, -0.15) is 4.98 Å². The first kappa shape index (κ1) is 49.8. The SMILES string of the molecule is CCC(C)(C)c1ccc(CC(C)CN2C[C@@H](C)O[C@@H](C)C2)cc1.CCOc1nc2cccc(C(=O)OC(C)OC(=O)OC3CCCCC3)c2n1Cc1ccc(-c2ccccc2-c2nnn[nH]2)cc1. The fourth-order valence-corrected chi connectivity index (χ4v) is 9.26. The van der Waals surface area contributed by atoms with Crippen LogP contribution in [0.2, 0.25) is 0 Å². The monoisotopic (exact) mass is 928 g/mol. The maximum absolute atomic E-state index is 13.4. The van der Waals surface area contributed by atoms with Gasteiger partial charge < -0.3 is 23.7 Å². The highest BCUT2D eigenvalue weighted by Crippen LogP contribution is 2.32. The number of nitrogens with zero attached hydrogens (tertiary/aromatic N) is 6. The molecule has 1 saturated heterocycles. The maximum Gasteiger partial charge on any atom is 0.511 e. The molecule has 1 aliphatic heterocycles. The molecular formula is C54H69N7O7. The lowest BCUT2D eigenvalue weighted by Crippen LogP contribution is -2.47. The highest BCUT2D eigenvalue weighted by atomic mass is 16.8. The van der Waals surface area contributed by atoms with Crippen molar-refractivity contribution in [1.29, 1.82) is 0 Å². The Morgan fingerprint density at radius 3 is 2.19 bits per heavy atom. The van der Waals surface area contributed by atoms with Crippen LogP contribution in [-0.4, -0.2) is 98.0 Å². The van der Waals surface area contributed by atoms with Crippen LogP contribution in [0.5, 0.6) is 6.01 Å². The number of fused-ring (bicyclic) bond motifs is 1. The van der Waals surface area contributed by atoms with E-state index < -0.39 is 18.4 Å². The van der Waals surface area contributed by atoms with Gasteiger partial charge in [0.25, 0.3) is 6.01 Å². The minimum Gasteiger partial charge on any atom is -0.465 e. The van der Waals surface area contributed by atoms with Crippen LogP contribution in [0.15, 0.2) is 91.0 Å². The molecule has 2 fully saturated rings. The number of imidazole rings is 1. The lowest BCUT2D eigenvalue weighted by Gasteiger charge is -2.36. The summed E-state index contributed by atoms with van der Waals surface area (Å²) < 4.78 is 29.7. The van der Waals surface area contributed by atoms with Gasteiger partial charge >= 0.3 is 12.1 Å². The van der Waals surface area contributed by atoms with Crippen molar-refractivity contribution in [2.75, 3.05) is 26.2 Å². The second-order valence-corrected chi connectivity index (χ2v) is 19.0. The number of carbonyl (C=O) groups is 2. The van der Waals surface area contributed by atoms with Crippen LogP contribution in [0.3, 0.4) is 0 Å². The van der Waals surface area contributed by atoms with Gasteiger partial charge in [-0.05, 0) is 121 Å². The van der Waals surface area contributed by atoms with E-state index in [2.05, 4.69) is 96.3 Å². The Bertz CT molecular complexity index is 2530. The van der Waals surface area contributed by atoms with E-state index in [4.69, 9.17) is 23.7 Å². The van der Waals surface area contributed by atoms with Gasteiger partial charge in [-0.15, -0.1) is 5.10 Å². The van der Waals surface area contributed by atoms with Gasteiger partial charge in [0.05, 0.1) is 42.0 Å². The summed E-state index contributed by atoms with van der Waals surface area (Å²) in [7, 11) is 0. The first-order valence-electron chi connectivity index (χ1n) is 24.4. The summed E-state index contributed by atoms with van der Waals surface area (Å²) in [4.78, 5) is 32.9. The molecule has 4 atom stereocenters.